The van der Waals surface area contributed by atoms with Gasteiger partial charge in [0.15, 0.2) is 0 Å². The van der Waals surface area contributed by atoms with Crippen molar-refractivity contribution in [1.29, 1.82) is 0 Å². The number of fused-ring (bicyclic) bond motifs is 1. The smallest absolute Gasteiger partial charge is 0.254 e. The largest absolute Gasteiger partial charge is 0.399 e. The van der Waals surface area contributed by atoms with Crippen molar-refractivity contribution < 1.29 is 0 Å². The zero-order chi connectivity index (χ0) is 17.2. The highest BCUT2D eigenvalue weighted by atomic mass is 16.1. The summed E-state index contributed by atoms with van der Waals surface area (Å²) in [4.78, 5) is 22.7. The van der Waals surface area contributed by atoms with E-state index in [2.05, 4.69) is 9.88 Å². The van der Waals surface area contributed by atoms with E-state index < -0.39 is 0 Å². The first-order valence-electron chi connectivity index (χ1n) is 9.39. The predicted molar refractivity (Wildman–Crippen MR) is 100 cm³/mol. The summed E-state index contributed by atoms with van der Waals surface area (Å²) < 4.78 is 0. The van der Waals surface area contributed by atoms with Crippen LogP contribution in [0.5, 0.6) is 0 Å². The Morgan fingerprint density at radius 1 is 1.16 bits per heavy atom. The number of nitrogens with two attached hydrogens (primary N) is 1. The SMILES string of the molecule is Nc1ccc(-c2nc3c(c(=O)[nH]2)CCN(CC2CCCCC2)C3)cc1. The fraction of sp³-hybridized carbons (Fsp3) is 0.500. The maximum Gasteiger partial charge on any atom is 0.254 e. The quantitative estimate of drug-likeness (QED) is 0.844. The number of nitrogen functional groups attached to an aromatic ring is 1. The number of anilines is 1. The first kappa shape index (κ1) is 16.3. The highest BCUT2D eigenvalue weighted by Crippen LogP contribution is 2.26. The highest BCUT2D eigenvalue weighted by Gasteiger charge is 2.24. The number of nitrogens with zero attached hydrogens (tertiary/aromatic N) is 2. The Kier molecular flexibility index (Phi) is 4.57. The van der Waals surface area contributed by atoms with Crippen molar-refractivity contribution in [2.75, 3.05) is 18.8 Å². The molecule has 1 aromatic carbocycles. The number of aromatic nitrogens is 2. The van der Waals surface area contributed by atoms with Crippen molar-refractivity contribution in [3.63, 3.8) is 0 Å². The van der Waals surface area contributed by atoms with E-state index in [1.54, 1.807) is 0 Å². The summed E-state index contributed by atoms with van der Waals surface area (Å²) in [5, 5.41) is 0. The number of hydrogen-bond acceptors (Lipinski definition) is 4. The molecule has 0 bridgehead atoms. The van der Waals surface area contributed by atoms with E-state index in [1.807, 2.05) is 24.3 Å². The van der Waals surface area contributed by atoms with E-state index in [4.69, 9.17) is 10.7 Å². The van der Waals surface area contributed by atoms with Crippen LogP contribution in [-0.2, 0) is 13.0 Å². The van der Waals surface area contributed by atoms with Gasteiger partial charge in [-0.05, 0) is 49.4 Å². The van der Waals surface area contributed by atoms with Gasteiger partial charge in [0, 0.05) is 36.4 Å². The molecule has 1 fully saturated rings. The maximum absolute atomic E-state index is 12.5. The number of aromatic amines is 1. The van der Waals surface area contributed by atoms with Crippen LogP contribution in [-0.4, -0.2) is 28.0 Å². The maximum atomic E-state index is 12.5. The van der Waals surface area contributed by atoms with E-state index in [0.29, 0.717) is 11.5 Å². The van der Waals surface area contributed by atoms with E-state index in [9.17, 15) is 4.79 Å². The third-order valence-electron chi connectivity index (χ3n) is 5.58. The molecule has 3 N–H and O–H groups in total. The summed E-state index contributed by atoms with van der Waals surface area (Å²) >= 11 is 0. The Morgan fingerprint density at radius 3 is 2.68 bits per heavy atom. The van der Waals surface area contributed by atoms with Crippen molar-refractivity contribution >= 4 is 5.69 Å². The van der Waals surface area contributed by atoms with Gasteiger partial charge in [0.05, 0.1) is 5.69 Å². The van der Waals surface area contributed by atoms with Crippen LogP contribution < -0.4 is 11.3 Å². The number of H-pyrrole nitrogens is 1. The summed E-state index contributed by atoms with van der Waals surface area (Å²) in [6, 6.07) is 7.49. The Balaban J connectivity index is 1.55. The zero-order valence-electron chi connectivity index (χ0n) is 14.6. The molecule has 1 saturated carbocycles. The van der Waals surface area contributed by atoms with Crippen molar-refractivity contribution in [3.05, 3.63) is 45.9 Å². The van der Waals surface area contributed by atoms with Gasteiger partial charge >= 0.3 is 0 Å². The molecule has 4 rings (SSSR count). The standard InChI is InChI=1S/C20H26N4O/c21-16-8-6-15(7-9-16)19-22-18-13-24(11-10-17(18)20(25)23-19)12-14-4-2-1-3-5-14/h6-9,14H,1-5,10-13,21H2,(H,22,23,25). The van der Waals surface area contributed by atoms with Gasteiger partial charge in [-0.1, -0.05) is 19.3 Å². The van der Waals surface area contributed by atoms with Crippen LogP contribution >= 0.6 is 0 Å². The zero-order valence-corrected chi connectivity index (χ0v) is 14.6. The lowest BCUT2D eigenvalue weighted by Gasteiger charge is -2.32. The minimum Gasteiger partial charge on any atom is -0.399 e. The molecule has 2 aromatic rings. The van der Waals surface area contributed by atoms with Crippen LogP contribution in [0.1, 0.15) is 43.4 Å². The third-order valence-corrected chi connectivity index (χ3v) is 5.58. The lowest BCUT2D eigenvalue weighted by Crippen LogP contribution is -2.38. The van der Waals surface area contributed by atoms with E-state index in [1.165, 1.54) is 32.1 Å². The van der Waals surface area contributed by atoms with Crippen LogP contribution in [0, 0.1) is 5.92 Å². The van der Waals surface area contributed by atoms with Crippen LogP contribution in [0.2, 0.25) is 0 Å². The van der Waals surface area contributed by atoms with Gasteiger partial charge in [-0.3, -0.25) is 9.69 Å². The Bertz CT molecular complexity index is 790. The molecule has 1 aliphatic heterocycles. The van der Waals surface area contributed by atoms with Crippen molar-refractivity contribution in [2.24, 2.45) is 5.92 Å². The van der Waals surface area contributed by atoms with E-state index in [-0.39, 0.29) is 5.56 Å². The fourth-order valence-electron chi connectivity index (χ4n) is 4.16. The molecule has 1 aromatic heterocycles. The lowest BCUT2D eigenvalue weighted by molar-refractivity contribution is 0.184. The Hall–Kier alpha value is -2.14. The Labute approximate surface area is 148 Å². The second-order valence-electron chi connectivity index (χ2n) is 7.45. The third kappa shape index (κ3) is 3.61. The Morgan fingerprint density at radius 2 is 1.92 bits per heavy atom. The van der Waals surface area contributed by atoms with Gasteiger partial charge < -0.3 is 10.7 Å². The molecule has 132 valence electrons. The topological polar surface area (TPSA) is 75.0 Å². The number of nitrogens with one attached hydrogen (secondary N) is 1. The highest BCUT2D eigenvalue weighted by molar-refractivity contribution is 5.58. The molecular formula is C20H26N4O. The molecule has 5 heteroatoms. The average Bonchev–Trinajstić information content (AvgIpc) is 2.63. The van der Waals surface area contributed by atoms with Crippen LogP contribution in [0.25, 0.3) is 11.4 Å². The van der Waals surface area contributed by atoms with E-state index in [0.717, 1.165) is 48.8 Å². The fourth-order valence-corrected chi connectivity index (χ4v) is 4.16. The first-order valence-corrected chi connectivity index (χ1v) is 9.39. The second-order valence-corrected chi connectivity index (χ2v) is 7.45. The number of benzene rings is 1. The molecule has 1 aliphatic carbocycles. The van der Waals surface area contributed by atoms with Crippen LogP contribution in [0.4, 0.5) is 5.69 Å². The van der Waals surface area contributed by atoms with Gasteiger partial charge in [-0.15, -0.1) is 0 Å². The summed E-state index contributed by atoms with van der Waals surface area (Å²) in [6.45, 7) is 2.90. The van der Waals surface area contributed by atoms with Crippen molar-refractivity contribution in [3.8, 4) is 11.4 Å². The summed E-state index contributed by atoms with van der Waals surface area (Å²) in [5.41, 5.74) is 9.18. The number of rotatable bonds is 3. The van der Waals surface area contributed by atoms with Gasteiger partial charge in [-0.2, -0.15) is 0 Å². The van der Waals surface area contributed by atoms with E-state index >= 15 is 0 Å². The lowest BCUT2D eigenvalue weighted by atomic mass is 9.88. The second kappa shape index (κ2) is 7.00. The first-order chi connectivity index (χ1) is 12.2. The monoisotopic (exact) mass is 338 g/mol. The summed E-state index contributed by atoms with van der Waals surface area (Å²) in [7, 11) is 0. The summed E-state index contributed by atoms with van der Waals surface area (Å²) in [5.74, 6) is 1.46. The molecule has 0 saturated heterocycles. The van der Waals surface area contributed by atoms with Crippen LogP contribution in [0.15, 0.2) is 29.1 Å². The van der Waals surface area contributed by atoms with Gasteiger partial charge in [0.1, 0.15) is 5.82 Å². The van der Waals surface area contributed by atoms with Crippen LogP contribution in [0.3, 0.4) is 0 Å². The molecule has 0 unspecified atom stereocenters. The summed E-state index contributed by atoms with van der Waals surface area (Å²) in [6.07, 6.45) is 7.63. The molecule has 5 nitrogen and oxygen atoms in total. The molecule has 0 radical (unpaired) electrons. The molecule has 0 atom stereocenters. The van der Waals surface area contributed by atoms with Gasteiger partial charge in [0.2, 0.25) is 0 Å². The predicted octanol–water partition coefficient (Wildman–Crippen LogP) is 2.96. The molecule has 0 amide bonds. The minimum atomic E-state index is 0.00846. The molecule has 2 heterocycles. The number of hydrogen-bond donors (Lipinski definition) is 2. The molecule has 25 heavy (non-hydrogen) atoms. The molecular weight excluding hydrogens is 312 g/mol. The van der Waals surface area contributed by atoms with Gasteiger partial charge in [0.25, 0.3) is 5.56 Å². The van der Waals surface area contributed by atoms with Crippen molar-refractivity contribution in [2.45, 2.75) is 45.1 Å². The minimum absolute atomic E-state index is 0.00846. The molecule has 2 aliphatic rings. The van der Waals surface area contributed by atoms with Crippen molar-refractivity contribution in [1.82, 2.24) is 14.9 Å². The van der Waals surface area contributed by atoms with Gasteiger partial charge in [-0.25, -0.2) is 4.98 Å². The molecule has 0 spiro atoms. The average molecular weight is 338 g/mol. The normalized spacial score (nSPS) is 18.9.